The highest BCUT2D eigenvalue weighted by Gasteiger charge is 2.43. The second-order valence-electron chi connectivity index (χ2n) is 14.8. The van der Waals surface area contributed by atoms with Gasteiger partial charge in [-0.3, -0.25) is 0 Å². The van der Waals surface area contributed by atoms with Gasteiger partial charge in [0.05, 0.1) is 27.8 Å². The molecule has 2 heterocycles. The van der Waals surface area contributed by atoms with E-state index in [-0.39, 0.29) is 0 Å². The highest BCUT2D eigenvalue weighted by molar-refractivity contribution is 7.20. The van der Waals surface area contributed by atoms with Crippen LogP contribution in [0.4, 0.5) is 0 Å². The molecular formula is C54H38N2Si. The first kappa shape index (κ1) is 33.2. The molecule has 0 atom stereocenters. The Morgan fingerprint density at radius 3 is 1.32 bits per heavy atom. The van der Waals surface area contributed by atoms with Crippen LogP contribution in [-0.4, -0.2) is 17.2 Å². The zero-order valence-electron chi connectivity index (χ0n) is 31.3. The summed E-state index contributed by atoms with van der Waals surface area (Å²) in [6.45, 7) is 0. The highest BCUT2D eigenvalue weighted by atomic mass is 28.3. The lowest BCUT2D eigenvalue weighted by molar-refractivity contribution is 1.17. The minimum absolute atomic E-state index is 1.15. The van der Waals surface area contributed by atoms with Gasteiger partial charge in [-0.05, 0) is 68.8 Å². The van der Waals surface area contributed by atoms with E-state index in [0.717, 1.165) is 5.69 Å². The van der Waals surface area contributed by atoms with Crippen LogP contribution in [0, 0.1) is 0 Å². The number of para-hydroxylation sites is 3. The van der Waals surface area contributed by atoms with E-state index in [4.69, 9.17) is 0 Å². The topological polar surface area (TPSA) is 9.86 Å². The van der Waals surface area contributed by atoms with E-state index in [1.54, 1.807) is 0 Å². The molecule has 0 unspecified atom stereocenters. The van der Waals surface area contributed by atoms with Gasteiger partial charge < -0.3 is 9.13 Å². The van der Waals surface area contributed by atoms with Crippen molar-refractivity contribution in [3.8, 4) is 22.5 Å². The van der Waals surface area contributed by atoms with Crippen LogP contribution in [0.5, 0.6) is 0 Å². The number of nitrogens with zero attached hydrogens (tertiary/aromatic N) is 2. The van der Waals surface area contributed by atoms with Gasteiger partial charge in [0.25, 0.3) is 0 Å². The Morgan fingerprint density at radius 2 is 0.737 bits per heavy atom. The number of benzene rings is 9. The summed E-state index contributed by atoms with van der Waals surface area (Å²) in [4.78, 5) is 0. The number of aromatic nitrogens is 2. The smallest absolute Gasteiger partial charge is 0.180 e. The first-order chi connectivity index (χ1) is 28.3. The molecule has 2 aromatic heterocycles. The van der Waals surface area contributed by atoms with Crippen LogP contribution in [0.3, 0.4) is 0 Å². The minimum atomic E-state index is -2.88. The van der Waals surface area contributed by atoms with Crippen LogP contribution in [0.1, 0.15) is 0 Å². The lowest BCUT2D eigenvalue weighted by Crippen LogP contribution is -2.74. The van der Waals surface area contributed by atoms with Crippen molar-refractivity contribution in [3.63, 3.8) is 0 Å². The van der Waals surface area contributed by atoms with E-state index in [0.29, 0.717) is 0 Å². The first-order valence-electron chi connectivity index (χ1n) is 19.7. The van der Waals surface area contributed by atoms with Gasteiger partial charge in [-0.2, -0.15) is 0 Å². The average molecular weight is 743 g/mol. The molecule has 268 valence electrons. The zero-order valence-corrected chi connectivity index (χ0v) is 32.3. The van der Waals surface area contributed by atoms with Crippen LogP contribution in [0.2, 0.25) is 0 Å². The predicted molar refractivity (Wildman–Crippen MR) is 244 cm³/mol. The summed E-state index contributed by atoms with van der Waals surface area (Å²) in [6, 6.07) is 85.2. The van der Waals surface area contributed by atoms with Crippen molar-refractivity contribution in [1.82, 2.24) is 9.13 Å². The van der Waals surface area contributed by atoms with Crippen molar-refractivity contribution in [2.45, 2.75) is 0 Å². The summed E-state index contributed by atoms with van der Waals surface area (Å²) in [5.74, 6) is 0. The molecule has 0 amide bonds. The van der Waals surface area contributed by atoms with Crippen molar-refractivity contribution in [2.24, 2.45) is 0 Å². The first-order valence-corrected chi connectivity index (χ1v) is 21.7. The predicted octanol–water partition coefficient (Wildman–Crippen LogP) is 10.9. The van der Waals surface area contributed by atoms with Crippen molar-refractivity contribution in [3.05, 3.63) is 231 Å². The second kappa shape index (κ2) is 13.5. The molecular weight excluding hydrogens is 705 g/mol. The quantitative estimate of drug-likeness (QED) is 0.114. The zero-order chi connectivity index (χ0) is 37.8. The van der Waals surface area contributed by atoms with Crippen LogP contribution in [-0.2, 0) is 0 Å². The van der Waals surface area contributed by atoms with E-state index >= 15 is 0 Å². The van der Waals surface area contributed by atoms with Crippen molar-refractivity contribution < 1.29 is 0 Å². The van der Waals surface area contributed by atoms with Gasteiger partial charge in [-0.1, -0.05) is 188 Å². The third kappa shape index (κ3) is 5.03. The molecule has 0 spiro atoms. The molecule has 0 aliphatic carbocycles. The van der Waals surface area contributed by atoms with Gasteiger partial charge in [-0.15, -0.1) is 0 Å². The summed E-state index contributed by atoms with van der Waals surface area (Å²) >= 11 is 0. The SMILES string of the molecule is c1ccc(-c2c(-n3c4ccccc4c4c([Si](c5ccccc5)(c5ccccc5)c5ccccc5)cccc43)ccc3c2c2ccccc2n3-c2ccccc2)cc1. The minimum Gasteiger partial charge on any atom is -0.309 e. The molecule has 11 aromatic rings. The van der Waals surface area contributed by atoms with E-state index in [1.807, 2.05) is 0 Å². The summed E-state index contributed by atoms with van der Waals surface area (Å²) in [5, 5.41) is 10.5. The molecule has 0 aliphatic heterocycles. The van der Waals surface area contributed by atoms with E-state index in [9.17, 15) is 0 Å². The molecule has 0 fully saturated rings. The van der Waals surface area contributed by atoms with Gasteiger partial charge in [0.1, 0.15) is 0 Å². The fraction of sp³-hybridized carbons (Fsp3) is 0. The van der Waals surface area contributed by atoms with Crippen LogP contribution >= 0.6 is 0 Å². The molecule has 57 heavy (non-hydrogen) atoms. The van der Waals surface area contributed by atoms with E-state index < -0.39 is 8.07 Å². The lowest BCUT2D eigenvalue weighted by Gasteiger charge is -2.35. The standard InChI is InChI=1S/C54H38N2Si/c1-6-21-39(22-7-1)52-49(37-38-50-54(52)45-32-17-18-33-46(45)55(50)40-23-8-2-9-24-40)56-47-34-19-16-31-44(47)53-48(56)35-20-36-51(53)57(41-25-10-3-11-26-41,42-27-12-4-13-28-42)43-29-14-5-15-30-43/h1-38H. The van der Waals surface area contributed by atoms with E-state index in [2.05, 4.69) is 240 Å². The lowest BCUT2D eigenvalue weighted by atomic mass is 9.97. The molecule has 0 aliphatic rings. The maximum Gasteiger partial charge on any atom is 0.180 e. The summed E-state index contributed by atoms with van der Waals surface area (Å²) in [6.07, 6.45) is 0. The Balaban J connectivity index is 1.31. The monoisotopic (exact) mass is 742 g/mol. The molecule has 2 nitrogen and oxygen atoms in total. The fourth-order valence-corrected chi connectivity index (χ4v) is 14.6. The Labute approximate surface area is 333 Å². The van der Waals surface area contributed by atoms with Gasteiger partial charge >= 0.3 is 0 Å². The van der Waals surface area contributed by atoms with Crippen molar-refractivity contribution >= 4 is 72.4 Å². The van der Waals surface area contributed by atoms with Gasteiger partial charge in [0.2, 0.25) is 0 Å². The Morgan fingerprint density at radius 1 is 0.298 bits per heavy atom. The van der Waals surface area contributed by atoms with Crippen molar-refractivity contribution in [2.75, 3.05) is 0 Å². The van der Waals surface area contributed by atoms with Gasteiger partial charge in [0, 0.05) is 32.8 Å². The average Bonchev–Trinajstić information content (AvgIpc) is 3.81. The summed E-state index contributed by atoms with van der Waals surface area (Å²) in [7, 11) is -2.88. The maximum absolute atomic E-state index is 2.88. The molecule has 3 heteroatoms. The number of rotatable bonds is 7. The molecule has 0 bridgehead atoms. The fourth-order valence-electron chi connectivity index (χ4n) is 9.61. The molecule has 0 N–H and O–H groups in total. The Kier molecular flexibility index (Phi) is 7.87. The van der Waals surface area contributed by atoms with Crippen LogP contribution < -0.4 is 20.7 Å². The summed E-state index contributed by atoms with van der Waals surface area (Å²) in [5.41, 5.74) is 9.52. The molecule has 0 saturated heterocycles. The molecule has 0 radical (unpaired) electrons. The Bertz CT molecular complexity index is 3110. The van der Waals surface area contributed by atoms with E-state index in [1.165, 1.54) is 81.2 Å². The molecule has 9 aromatic carbocycles. The third-order valence-corrected chi connectivity index (χ3v) is 16.7. The normalized spacial score (nSPS) is 11.9. The highest BCUT2D eigenvalue weighted by Crippen LogP contribution is 2.44. The second-order valence-corrected chi connectivity index (χ2v) is 18.6. The number of fused-ring (bicyclic) bond motifs is 6. The molecule has 0 saturated carbocycles. The van der Waals surface area contributed by atoms with Crippen LogP contribution in [0.25, 0.3) is 66.1 Å². The molecule has 11 rings (SSSR count). The van der Waals surface area contributed by atoms with Gasteiger partial charge in [0.15, 0.2) is 8.07 Å². The number of hydrogen-bond donors (Lipinski definition) is 0. The summed E-state index contributed by atoms with van der Waals surface area (Å²) < 4.78 is 4.97. The van der Waals surface area contributed by atoms with Crippen LogP contribution in [0.15, 0.2) is 231 Å². The largest absolute Gasteiger partial charge is 0.309 e. The van der Waals surface area contributed by atoms with Crippen molar-refractivity contribution in [1.29, 1.82) is 0 Å². The third-order valence-electron chi connectivity index (χ3n) is 11.9. The maximum atomic E-state index is 2.55. The number of hydrogen-bond acceptors (Lipinski definition) is 0. The Hall–Kier alpha value is -7.20. The van der Waals surface area contributed by atoms with Gasteiger partial charge in [-0.25, -0.2) is 0 Å².